The zero-order valence-corrected chi connectivity index (χ0v) is 16.4. The highest BCUT2D eigenvalue weighted by Crippen LogP contribution is 2.33. The first kappa shape index (κ1) is 20.1. The minimum Gasteiger partial charge on any atom is -0.368 e. The van der Waals surface area contributed by atoms with E-state index in [1.165, 1.54) is 17.8 Å². The number of carbonyl (C=O) groups excluding carboxylic acids is 1. The second-order valence-electron chi connectivity index (χ2n) is 7.48. The maximum atomic E-state index is 13.1. The maximum absolute atomic E-state index is 13.1. The number of hydrogen-bond donors (Lipinski definition) is 3. The number of aromatic nitrogens is 5. The molecule has 1 aliphatic rings. The van der Waals surface area contributed by atoms with Crippen molar-refractivity contribution in [2.24, 2.45) is 13.0 Å². The lowest BCUT2D eigenvalue weighted by Gasteiger charge is -2.12. The molecule has 1 saturated heterocycles. The van der Waals surface area contributed by atoms with Gasteiger partial charge in [-0.05, 0) is 24.9 Å². The smallest absolute Gasteiger partial charge is 0.368 e. The van der Waals surface area contributed by atoms with E-state index in [2.05, 4.69) is 38.1 Å². The molecule has 0 spiro atoms. The van der Waals surface area contributed by atoms with Crippen molar-refractivity contribution in [3.8, 4) is 0 Å². The first-order chi connectivity index (χ1) is 14.2. The number of halogens is 3. The molecule has 1 fully saturated rings. The van der Waals surface area contributed by atoms with E-state index in [4.69, 9.17) is 0 Å². The SMILES string of the molecule is CC1CNC(CNc2ccn3ncc(C(=O)Nc4cn(C)nc4C(F)(F)F)c3n2)C1. The van der Waals surface area contributed by atoms with Gasteiger partial charge in [-0.2, -0.15) is 23.4 Å². The van der Waals surface area contributed by atoms with E-state index in [1.807, 2.05) is 0 Å². The second kappa shape index (κ2) is 7.59. The lowest BCUT2D eigenvalue weighted by Crippen LogP contribution is -2.29. The van der Waals surface area contributed by atoms with E-state index in [0.29, 0.717) is 24.3 Å². The van der Waals surface area contributed by atoms with Gasteiger partial charge in [0.2, 0.25) is 0 Å². The molecular weight excluding hydrogens is 401 g/mol. The van der Waals surface area contributed by atoms with Crippen molar-refractivity contribution in [2.45, 2.75) is 25.6 Å². The Morgan fingerprint density at radius 2 is 2.20 bits per heavy atom. The molecule has 1 aliphatic heterocycles. The Labute approximate surface area is 169 Å². The van der Waals surface area contributed by atoms with Crippen LogP contribution in [0.25, 0.3) is 5.65 Å². The summed E-state index contributed by atoms with van der Waals surface area (Å²) in [6, 6.07) is 2.06. The molecule has 3 aromatic rings. The number of aryl methyl sites for hydroxylation is 1. The predicted octanol–water partition coefficient (Wildman–Crippen LogP) is 2.14. The molecule has 0 aromatic carbocycles. The minimum atomic E-state index is -4.69. The molecule has 2 atom stereocenters. The number of fused-ring (bicyclic) bond motifs is 1. The van der Waals surface area contributed by atoms with Gasteiger partial charge in [0.05, 0.1) is 11.9 Å². The highest BCUT2D eigenvalue weighted by molar-refractivity contribution is 6.08. The fourth-order valence-corrected chi connectivity index (χ4v) is 3.51. The van der Waals surface area contributed by atoms with E-state index in [9.17, 15) is 18.0 Å². The fraction of sp³-hybridized carbons (Fsp3) is 0.444. The zero-order valence-electron chi connectivity index (χ0n) is 16.4. The van der Waals surface area contributed by atoms with Crippen LogP contribution in [0.3, 0.4) is 0 Å². The lowest BCUT2D eigenvalue weighted by atomic mass is 10.1. The van der Waals surface area contributed by atoms with Crippen LogP contribution in [0.15, 0.2) is 24.7 Å². The molecule has 9 nitrogen and oxygen atoms in total. The van der Waals surface area contributed by atoms with Crippen molar-refractivity contribution < 1.29 is 18.0 Å². The Morgan fingerprint density at radius 1 is 1.40 bits per heavy atom. The molecule has 0 radical (unpaired) electrons. The maximum Gasteiger partial charge on any atom is 0.437 e. The Balaban J connectivity index is 1.53. The van der Waals surface area contributed by atoms with Gasteiger partial charge in [0.15, 0.2) is 11.3 Å². The number of alkyl halides is 3. The number of anilines is 2. The van der Waals surface area contributed by atoms with E-state index in [1.54, 1.807) is 12.3 Å². The number of carbonyl (C=O) groups is 1. The Hall–Kier alpha value is -3.15. The zero-order chi connectivity index (χ0) is 21.5. The second-order valence-corrected chi connectivity index (χ2v) is 7.48. The van der Waals surface area contributed by atoms with E-state index >= 15 is 0 Å². The highest BCUT2D eigenvalue weighted by Gasteiger charge is 2.37. The Morgan fingerprint density at radius 3 is 2.90 bits per heavy atom. The molecule has 3 aromatic heterocycles. The summed E-state index contributed by atoms with van der Waals surface area (Å²) in [5, 5.41) is 16.4. The molecule has 30 heavy (non-hydrogen) atoms. The van der Waals surface area contributed by atoms with Crippen molar-refractivity contribution in [2.75, 3.05) is 23.7 Å². The summed E-state index contributed by atoms with van der Waals surface area (Å²) in [4.78, 5) is 17.1. The van der Waals surface area contributed by atoms with Crippen LogP contribution >= 0.6 is 0 Å². The average Bonchev–Trinajstić information content (AvgIpc) is 3.37. The number of amides is 1. The Bertz CT molecular complexity index is 1070. The summed E-state index contributed by atoms with van der Waals surface area (Å²) in [7, 11) is 1.35. The first-order valence-corrected chi connectivity index (χ1v) is 9.44. The minimum absolute atomic E-state index is 0.0586. The van der Waals surface area contributed by atoms with E-state index in [-0.39, 0.29) is 11.2 Å². The fourth-order valence-electron chi connectivity index (χ4n) is 3.51. The van der Waals surface area contributed by atoms with Crippen LogP contribution in [0.4, 0.5) is 24.7 Å². The Kier molecular flexibility index (Phi) is 5.10. The molecule has 3 N–H and O–H groups in total. The molecule has 0 bridgehead atoms. The third-order valence-corrected chi connectivity index (χ3v) is 4.93. The molecule has 2 unspecified atom stereocenters. The third-order valence-electron chi connectivity index (χ3n) is 4.93. The van der Waals surface area contributed by atoms with Gasteiger partial charge < -0.3 is 16.0 Å². The van der Waals surface area contributed by atoms with Crippen molar-refractivity contribution in [1.82, 2.24) is 29.7 Å². The quantitative estimate of drug-likeness (QED) is 0.583. The van der Waals surface area contributed by atoms with Gasteiger partial charge in [0.1, 0.15) is 11.4 Å². The topological polar surface area (TPSA) is 101 Å². The highest BCUT2D eigenvalue weighted by atomic mass is 19.4. The van der Waals surface area contributed by atoms with Crippen molar-refractivity contribution >= 4 is 23.1 Å². The molecule has 12 heteroatoms. The number of nitrogens with one attached hydrogen (secondary N) is 3. The predicted molar refractivity (Wildman–Crippen MR) is 103 cm³/mol. The van der Waals surface area contributed by atoms with Gasteiger partial charge in [-0.25, -0.2) is 9.50 Å². The molecule has 0 aliphatic carbocycles. The van der Waals surface area contributed by atoms with Crippen molar-refractivity contribution in [3.63, 3.8) is 0 Å². The summed E-state index contributed by atoms with van der Waals surface area (Å²) < 4.78 is 41.8. The summed E-state index contributed by atoms with van der Waals surface area (Å²) in [5.74, 6) is 0.418. The van der Waals surface area contributed by atoms with E-state index < -0.39 is 23.5 Å². The third kappa shape index (κ3) is 4.08. The van der Waals surface area contributed by atoms with Crippen LogP contribution in [-0.2, 0) is 13.2 Å². The molecule has 1 amide bonds. The molecular formula is C18H21F3N8O. The summed E-state index contributed by atoms with van der Waals surface area (Å²) in [6.07, 6.45) is 0.374. The van der Waals surface area contributed by atoms with Crippen LogP contribution in [0, 0.1) is 5.92 Å². The van der Waals surface area contributed by atoms with Gasteiger partial charge in [-0.15, -0.1) is 0 Å². The summed E-state index contributed by atoms with van der Waals surface area (Å²) >= 11 is 0. The largest absolute Gasteiger partial charge is 0.437 e. The normalized spacial score (nSPS) is 19.4. The van der Waals surface area contributed by atoms with E-state index in [0.717, 1.165) is 23.8 Å². The molecule has 160 valence electrons. The van der Waals surface area contributed by atoms with Gasteiger partial charge in [0.25, 0.3) is 5.91 Å². The van der Waals surface area contributed by atoms with Gasteiger partial charge >= 0.3 is 6.18 Å². The molecule has 4 rings (SSSR count). The number of nitrogens with zero attached hydrogens (tertiary/aromatic N) is 5. The molecule has 4 heterocycles. The monoisotopic (exact) mass is 422 g/mol. The van der Waals surface area contributed by atoms with Crippen LogP contribution in [-0.4, -0.2) is 49.4 Å². The first-order valence-electron chi connectivity index (χ1n) is 9.44. The number of rotatable bonds is 5. The summed E-state index contributed by atoms with van der Waals surface area (Å²) in [6.45, 7) is 3.83. The lowest BCUT2D eigenvalue weighted by molar-refractivity contribution is -0.140. The van der Waals surface area contributed by atoms with Crippen molar-refractivity contribution in [3.05, 3.63) is 35.9 Å². The summed E-state index contributed by atoms with van der Waals surface area (Å²) in [5.41, 5.74) is -1.29. The van der Waals surface area contributed by atoms with Crippen LogP contribution in [0.5, 0.6) is 0 Å². The average molecular weight is 422 g/mol. The van der Waals surface area contributed by atoms with Crippen LogP contribution in [0.1, 0.15) is 29.4 Å². The standard InChI is InChI=1S/C18H21F3N8O/c1-10-5-11(22-6-10)7-23-14-3-4-29-16(26-14)12(8-24-29)17(30)25-13-9-28(2)27-15(13)18(19,20)21/h3-4,8-11,22H,5-7H2,1-2H3,(H,23,26)(H,25,30). The van der Waals surface area contributed by atoms with Gasteiger partial charge in [-0.1, -0.05) is 6.92 Å². The van der Waals surface area contributed by atoms with Crippen molar-refractivity contribution in [1.29, 1.82) is 0 Å². The van der Waals surface area contributed by atoms with Gasteiger partial charge in [0, 0.05) is 32.0 Å². The van der Waals surface area contributed by atoms with Crippen LogP contribution in [0.2, 0.25) is 0 Å². The van der Waals surface area contributed by atoms with Crippen LogP contribution < -0.4 is 16.0 Å². The molecule has 0 saturated carbocycles. The van der Waals surface area contributed by atoms with Gasteiger partial charge in [-0.3, -0.25) is 9.48 Å². The number of hydrogen-bond acceptors (Lipinski definition) is 6.